The molecule has 1 aromatic rings. The summed E-state index contributed by atoms with van der Waals surface area (Å²) in [6.45, 7) is 142. The number of aryl methyl sites for hydroxylation is 1. The minimum Gasteiger partial charge on any atom is -0.380 e. The van der Waals surface area contributed by atoms with Gasteiger partial charge >= 0.3 is 0 Å². The summed E-state index contributed by atoms with van der Waals surface area (Å²) >= 11 is 0. The summed E-state index contributed by atoms with van der Waals surface area (Å²) in [5, 5.41) is 10.5. The molecule has 0 aromatic heterocycles. The molecule has 0 bridgehead atoms. The van der Waals surface area contributed by atoms with Gasteiger partial charge in [-0.05, 0) is 288 Å². The van der Waals surface area contributed by atoms with Crippen LogP contribution in [0.3, 0.4) is 0 Å². The van der Waals surface area contributed by atoms with Crippen molar-refractivity contribution < 1.29 is 33.2 Å². The number of piperazine rings is 5. The second-order valence-corrected chi connectivity index (χ2v) is 54.1. The lowest BCUT2D eigenvalue weighted by Crippen LogP contribution is -2.50. The molecule has 7 fully saturated rings. The fraction of sp³-hybridized carbons (Fsp3) is 0.947. The summed E-state index contributed by atoms with van der Waals surface area (Å²) in [6.07, 6.45) is 7.08. The molecule has 5 saturated heterocycles. The van der Waals surface area contributed by atoms with Gasteiger partial charge < -0.3 is 54.0 Å². The summed E-state index contributed by atoms with van der Waals surface area (Å²) in [6, 6.07) is 9.19. The molecule has 8 rings (SSSR count). The second kappa shape index (κ2) is 64.2. The summed E-state index contributed by atoms with van der Waals surface area (Å²) in [5.74, 6) is 3.85. The molecule has 0 radical (unpaired) electrons. The van der Waals surface area contributed by atoms with Crippen LogP contribution in [0.4, 0.5) is 5.69 Å². The Labute approximate surface area is 836 Å². The predicted molar refractivity (Wildman–Crippen MR) is 586 cm³/mol. The van der Waals surface area contributed by atoms with Crippen LogP contribution < -0.4 is 16.0 Å². The van der Waals surface area contributed by atoms with Crippen LogP contribution in [0.1, 0.15) is 342 Å². The first kappa shape index (κ1) is 132. The quantitative estimate of drug-likeness (QED) is 0.0565. The van der Waals surface area contributed by atoms with Crippen LogP contribution >= 0.6 is 0 Å². The molecule has 4 unspecified atom stereocenters. The van der Waals surface area contributed by atoms with Crippen molar-refractivity contribution in [3.8, 4) is 0 Å². The SMILES string of the molecule is CC.CC(C)(C)CC1CC1CC(C)(C)C.CC(C)(C)CC1CC1COC(C)(C)C.CC(C)(C)CNCCN1CCN(CCOC(C)(C)C)CC1.CC(C)(C)COCCN1CCN(CCOC(C)(C)C)CC1.CC(C)(C)NCCN1CCN(CCOC(C)(C)C)CC1.CC(C)(C)OCCN1CCN(CCOC(C)(C)C)CC1.CCN1CCN(C(C)C)CC1.Cc1ccc(NC(C)(C)C)cc1. The molecule has 20 nitrogen and oxygen atoms in total. The first-order chi connectivity index (χ1) is 61.2. The molecule has 2 aliphatic carbocycles. The molecule has 5 heterocycles. The van der Waals surface area contributed by atoms with E-state index in [0.29, 0.717) is 21.7 Å². The molecule has 0 amide bonds. The molecule has 5 aliphatic heterocycles. The highest BCUT2D eigenvalue weighted by Gasteiger charge is 2.42. The van der Waals surface area contributed by atoms with Crippen LogP contribution in [-0.2, 0) is 33.2 Å². The van der Waals surface area contributed by atoms with Crippen LogP contribution in [0.15, 0.2) is 24.3 Å². The maximum atomic E-state index is 5.80. The zero-order chi connectivity index (χ0) is 103. The van der Waals surface area contributed by atoms with Crippen molar-refractivity contribution in [2.45, 2.75) is 394 Å². The van der Waals surface area contributed by atoms with Crippen molar-refractivity contribution in [2.24, 2.45) is 50.7 Å². The number of hydrogen-bond acceptors (Lipinski definition) is 20. The average Bonchev–Trinajstić information content (AvgIpc) is 1.67. The first-order valence-corrected chi connectivity index (χ1v) is 54.2. The molecule has 20 heteroatoms. The van der Waals surface area contributed by atoms with E-state index in [1.165, 1.54) is 135 Å². The van der Waals surface area contributed by atoms with Gasteiger partial charge in [-0.2, -0.15) is 0 Å². The van der Waals surface area contributed by atoms with Gasteiger partial charge in [0.25, 0.3) is 0 Å². The van der Waals surface area contributed by atoms with Gasteiger partial charge in [0, 0.05) is 226 Å². The molecular weight excluding hydrogens is 1660 g/mol. The monoisotopic (exact) mass is 1900 g/mol. The fourth-order valence-corrected chi connectivity index (χ4v) is 16.2. The Bertz CT molecular complexity index is 2760. The van der Waals surface area contributed by atoms with Gasteiger partial charge in [-0.15, -0.1) is 0 Å². The number of nitrogens with zero attached hydrogens (tertiary/aromatic N) is 10. The van der Waals surface area contributed by atoms with E-state index in [0.717, 1.165) is 200 Å². The number of ether oxygens (including phenoxy) is 7. The Morgan fingerprint density at radius 2 is 0.575 bits per heavy atom. The van der Waals surface area contributed by atoms with Crippen molar-refractivity contribution in [3.05, 3.63) is 29.8 Å². The Morgan fingerprint density at radius 1 is 0.306 bits per heavy atom. The molecule has 800 valence electrons. The highest BCUT2D eigenvalue weighted by molar-refractivity contribution is 5.46. The third-order valence-electron chi connectivity index (χ3n) is 23.7. The minimum atomic E-state index is -0.0217. The zero-order valence-corrected chi connectivity index (χ0v) is 98.3. The maximum absolute atomic E-state index is 5.80. The van der Waals surface area contributed by atoms with E-state index in [1.807, 2.05) is 13.8 Å². The van der Waals surface area contributed by atoms with Crippen molar-refractivity contribution >= 4 is 5.69 Å². The molecule has 134 heavy (non-hydrogen) atoms. The van der Waals surface area contributed by atoms with E-state index in [9.17, 15) is 0 Å². The fourth-order valence-electron chi connectivity index (χ4n) is 16.2. The van der Waals surface area contributed by atoms with Crippen molar-refractivity contribution in [1.29, 1.82) is 0 Å². The lowest BCUT2D eigenvalue weighted by Gasteiger charge is -2.36. The topological polar surface area (TPSA) is 133 Å². The number of benzene rings is 1. The number of rotatable bonds is 34. The Morgan fingerprint density at radius 3 is 0.828 bits per heavy atom. The van der Waals surface area contributed by atoms with Crippen molar-refractivity contribution in [1.82, 2.24) is 59.6 Å². The van der Waals surface area contributed by atoms with Gasteiger partial charge in [0.05, 0.1) is 86.5 Å². The summed E-state index contributed by atoms with van der Waals surface area (Å²) in [4.78, 5) is 25.2. The van der Waals surface area contributed by atoms with Gasteiger partial charge in [-0.3, -0.25) is 44.1 Å². The third-order valence-corrected chi connectivity index (χ3v) is 23.7. The minimum absolute atomic E-state index is 0.0133. The lowest BCUT2D eigenvalue weighted by atomic mass is 9.85. The Balaban J connectivity index is 0.00000152. The third kappa shape index (κ3) is 84.7. The zero-order valence-electron chi connectivity index (χ0n) is 98.3. The van der Waals surface area contributed by atoms with E-state index in [1.54, 1.807) is 0 Å². The van der Waals surface area contributed by atoms with Crippen LogP contribution in [0.5, 0.6) is 0 Å². The second-order valence-electron chi connectivity index (χ2n) is 54.1. The molecule has 2 saturated carbocycles. The highest BCUT2D eigenvalue weighted by atomic mass is 16.5. The number of anilines is 1. The smallest absolute Gasteiger partial charge is 0.0600 e. The van der Waals surface area contributed by atoms with Gasteiger partial charge in [-0.25, -0.2) is 0 Å². The number of nitrogens with one attached hydrogen (secondary N) is 3. The largest absolute Gasteiger partial charge is 0.380 e. The molecule has 7 aliphatic rings. The van der Waals surface area contributed by atoms with Crippen LogP contribution in [-0.4, -0.2) is 362 Å². The van der Waals surface area contributed by atoms with Crippen LogP contribution in [0.2, 0.25) is 0 Å². The van der Waals surface area contributed by atoms with E-state index in [2.05, 4.69) is 387 Å². The van der Waals surface area contributed by atoms with Crippen molar-refractivity contribution in [3.63, 3.8) is 0 Å². The normalized spacial score (nSPS) is 20.5. The molecular formula is C114H237N13O7. The van der Waals surface area contributed by atoms with E-state index in [-0.39, 0.29) is 50.1 Å². The van der Waals surface area contributed by atoms with Gasteiger partial charge in [0.2, 0.25) is 0 Å². The standard InChI is InChI=1S/C17H37N3O.C17H36N2O2.C16H35N3O.C16H34N2O2.C13H26O.C13H26.C11H17N.C9H20N2.C2H6/c1-16(2,3)15-18-7-8-19-9-11-20(12-10-19)13-14-21-17(4,5)6;1-16(2,3)15-20-13-11-18-7-9-19(10-8-18)12-14-21-17(4,5)6;1-15(2,3)17-7-8-18-9-11-19(12-10-18)13-14-20-16(4,5)6;1-15(2,3)19-13-11-17-7-9-18(10-8-17)12-14-20-16(4,5)6;1-12(2,3)8-10-7-11(10)9-14-13(4,5)6;1-12(2,3)8-10-7-11(10)9-13(4,5)6;1-9-5-7-10(8-6-9)12-11(2,3)4;1-4-10-5-7-11(8-6-10)9(2)3;1-2/h18H,7-15H2,1-6H3;7-15H2,1-6H3;17H,7-14H2,1-6H3;7-14H2,1-6H3;10-11H,7-9H2,1-6H3;10-11H,7-9H2,1-6H3;5-8,12H,1-4H3;9H,4-8H2,1-3H3;1-2H3. The van der Waals surface area contributed by atoms with E-state index < -0.39 is 0 Å². The molecule has 3 N–H and O–H groups in total. The summed E-state index contributed by atoms with van der Waals surface area (Å²) < 4.78 is 40.5. The van der Waals surface area contributed by atoms with Gasteiger partial charge in [0.1, 0.15) is 0 Å². The lowest BCUT2D eigenvalue weighted by molar-refractivity contribution is -0.0280. The van der Waals surface area contributed by atoms with Gasteiger partial charge in [-0.1, -0.05) is 142 Å². The predicted octanol–water partition coefficient (Wildman–Crippen LogP) is 22.2. The molecule has 1 aromatic carbocycles. The molecule has 0 spiro atoms. The molecule has 4 atom stereocenters. The average molecular weight is 1900 g/mol. The summed E-state index contributed by atoms with van der Waals surface area (Å²) in [5.41, 5.74) is 5.03. The van der Waals surface area contributed by atoms with Gasteiger partial charge in [0.15, 0.2) is 0 Å². The van der Waals surface area contributed by atoms with Crippen molar-refractivity contribution in [2.75, 3.05) is 268 Å². The summed E-state index contributed by atoms with van der Waals surface area (Å²) in [7, 11) is 0. The first-order valence-electron chi connectivity index (χ1n) is 54.2. The maximum Gasteiger partial charge on any atom is 0.0600 e. The van der Waals surface area contributed by atoms with E-state index >= 15 is 0 Å². The Kier molecular flexibility index (Phi) is 63.4. The van der Waals surface area contributed by atoms with Crippen LogP contribution in [0.25, 0.3) is 0 Å². The Hall–Kier alpha value is -1.74. The number of likely N-dealkylation sites (N-methyl/N-ethyl adjacent to an activating group) is 1. The highest BCUT2D eigenvalue weighted by Crippen LogP contribution is 2.51. The van der Waals surface area contributed by atoms with E-state index in [4.69, 9.17) is 33.2 Å². The number of hydrogen-bond donors (Lipinski definition) is 3. The van der Waals surface area contributed by atoms with Crippen LogP contribution in [0, 0.1) is 57.7 Å².